The van der Waals surface area contributed by atoms with E-state index in [4.69, 9.17) is 0 Å². The summed E-state index contributed by atoms with van der Waals surface area (Å²) in [5.41, 5.74) is 1.95. The second-order valence-electron chi connectivity index (χ2n) is 4.98. The average Bonchev–Trinajstić information content (AvgIpc) is 2.90. The summed E-state index contributed by atoms with van der Waals surface area (Å²) < 4.78 is 0. The van der Waals surface area contributed by atoms with Gasteiger partial charge >= 0.3 is 5.97 Å². The Labute approximate surface area is 121 Å². The lowest BCUT2D eigenvalue weighted by atomic mass is 9.99. The van der Waals surface area contributed by atoms with Crippen molar-refractivity contribution >= 4 is 29.3 Å². The average molecular weight is 292 g/mol. The number of para-hydroxylation sites is 1. The summed E-state index contributed by atoms with van der Waals surface area (Å²) in [6, 6.07) is 7.02. The van der Waals surface area contributed by atoms with Crippen LogP contribution in [0.3, 0.4) is 0 Å². The predicted octanol–water partition coefficient (Wildman–Crippen LogP) is 1.22. The number of carbonyl (C=O) groups excluding carboxylic acids is 1. The van der Waals surface area contributed by atoms with Gasteiger partial charge in [-0.15, -0.1) is 0 Å². The molecule has 0 bridgehead atoms. The minimum absolute atomic E-state index is 0.0739. The first-order chi connectivity index (χ1) is 9.68. The summed E-state index contributed by atoms with van der Waals surface area (Å²) in [7, 11) is 0. The van der Waals surface area contributed by atoms with Gasteiger partial charge in [0.1, 0.15) is 6.04 Å². The van der Waals surface area contributed by atoms with Gasteiger partial charge in [0.25, 0.3) is 0 Å². The van der Waals surface area contributed by atoms with E-state index < -0.39 is 12.0 Å². The van der Waals surface area contributed by atoms with Crippen LogP contribution in [0.15, 0.2) is 24.3 Å². The number of thioether (sulfide) groups is 1. The lowest BCUT2D eigenvalue weighted by Crippen LogP contribution is -2.52. The van der Waals surface area contributed by atoms with Crippen molar-refractivity contribution in [3.8, 4) is 0 Å². The van der Waals surface area contributed by atoms with E-state index in [1.807, 2.05) is 24.3 Å². The first-order valence-corrected chi connectivity index (χ1v) is 7.78. The van der Waals surface area contributed by atoms with Gasteiger partial charge in [-0.25, -0.2) is 4.79 Å². The van der Waals surface area contributed by atoms with Crippen LogP contribution in [0.25, 0.3) is 0 Å². The lowest BCUT2D eigenvalue weighted by Gasteiger charge is -2.34. The van der Waals surface area contributed by atoms with Gasteiger partial charge in [0.05, 0.1) is 5.92 Å². The molecule has 0 aliphatic carbocycles. The Morgan fingerprint density at radius 2 is 2.15 bits per heavy atom. The monoisotopic (exact) mass is 292 g/mol. The highest BCUT2D eigenvalue weighted by atomic mass is 32.2. The molecular weight excluding hydrogens is 276 g/mol. The van der Waals surface area contributed by atoms with Crippen LogP contribution in [-0.2, 0) is 9.59 Å². The van der Waals surface area contributed by atoms with Crippen LogP contribution in [0.4, 0.5) is 5.69 Å². The summed E-state index contributed by atoms with van der Waals surface area (Å²) in [6.07, 6.45) is 0. The molecular formula is C14H16N2O3S. The fourth-order valence-corrected chi connectivity index (χ4v) is 3.81. The molecule has 2 aliphatic rings. The molecule has 2 unspecified atom stereocenters. The Bertz CT molecular complexity index is 549. The van der Waals surface area contributed by atoms with E-state index >= 15 is 0 Å². The first kappa shape index (κ1) is 13.3. The Hall–Kier alpha value is -1.69. The summed E-state index contributed by atoms with van der Waals surface area (Å²) >= 11 is 1.59. The van der Waals surface area contributed by atoms with Crippen LogP contribution in [0.5, 0.6) is 0 Å². The van der Waals surface area contributed by atoms with E-state index in [0.717, 1.165) is 17.0 Å². The Kier molecular flexibility index (Phi) is 3.56. The van der Waals surface area contributed by atoms with Gasteiger partial charge in [-0.1, -0.05) is 18.2 Å². The number of nitrogens with one attached hydrogen (secondary N) is 1. The molecule has 0 spiro atoms. The molecule has 1 fully saturated rings. The summed E-state index contributed by atoms with van der Waals surface area (Å²) in [5, 5.41) is 12.5. The lowest BCUT2D eigenvalue weighted by molar-refractivity contribution is -0.149. The highest BCUT2D eigenvalue weighted by molar-refractivity contribution is 7.99. The highest BCUT2D eigenvalue weighted by Gasteiger charge is 2.38. The molecule has 20 heavy (non-hydrogen) atoms. The molecule has 1 saturated heterocycles. The zero-order valence-corrected chi connectivity index (χ0v) is 11.7. The van der Waals surface area contributed by atoms with Gasteiger partial charge in [0.2, 0.25) is 5.91 Å². The third-order valence-corrected chi connectivity index (χ3v) is 4.85. The van der Waals surface area contributed by atoms with Crippen molar-refractivity contribution in [3.05, 3.63) is 29.8 Å². The number of hydrogen-bond acceptors (Lipinski definition) is 4. The number of carbonyl (C=O) groups is 2. The van der Waals surface area contributed by atoms with Crippen molar-refractivity contribution in [2.75, 3.05) is 29.9 Å². The molecule has 0 radical (unpaired) electrons. The van der Waals surface area contributed by atoms with E-state index in [1.165, 1.54) is 4.90 Å². The van der Waals surface area contributed by atoms with Crippen LogP contribution in [-0.4, -0.2) is 52.5 Å². The van der Waals surface area contributed by atoms with Crippen LogP contribution >= 0.6 is 11.8 Å². The van der Waals surface area contributed by atoms with Crippen LogP contribution < -0.4 is 5.32 Å². The molecule has 1 amide bonds. The van der Waals surface area contributed by atoms with Crippen molar-refractivity contribution < 1.29 is 14.7 Å². The van der Waals surface area contributed by atoms with Crippen molar-refractivity contribution in [1.29, 1.82) is 0 Å². The Balaban J connectivity index is 1.84. The fourth-order valence-electron chi connectivity index (χ4n) is 2.78. The van der Waals surface area contributed by atoms with Crippen molar-refractivity contribution in [2.45, 2.75) is 12.0 Å². The van der Waals surface area contributed by atoms with Gasteiger partial charge < -0.3 is 15.3 Å². The van der Waals surface area contributed by atoms with E-state index in [2.05, 4.69) is 5.32 Å². The normalized spacial score (nSPS) is 24.9. The topological polar surface area (TPSA) is 69.6 Å². The number of nitrogens with zero attached hydrogens (tertiary/aromatic N) is 1. The molecule has 0 aromatic heterocycles. The standard InChI is InChI=1S/C14H16N2O3S/c17-13(16-5-6-20-8-12(16)14(18)19)10-7-15-11-4-2-1-3-9(10)11/h1-4,10,12,15H,5-8H2,(H,18,19). The smallest absolute Gasteiger partial charge is 0.327 e. The maximum absolute atomic E-state index is 12.7. The molecule has 1 aromatic rings. The summed E-state index contributed by atoms with van der Waals surface area (Å²) in [5.74, 6) is 0.0243. The van der Waals surface area contributed by atoms with Gasteiger partial charge in [-0.2, -0.15) is 11.8 Å². The number of carboxylic acid groups (broad SMARTS) is 1. The van der Waals surface area contributed by atoms with Crippen molar-refractivity contribution in [2.24, 2.45) is 0 Å². The number of hydrogen-bond donors (Lipinski definition) is 2. The van der Waals surface area contributed by atoms with E-state index in [-0.39, 0.29) is 11.8 Å². The van der Waals surface area contributed by atoms with Gasteiger partial charge in [0.15, 0.2) is 0 Å². The number of amides is 1. The minimum Gasteiger partial charge on any atom is -0.480 e. The summed E-state index contributed by atoms with van der Waals surface area (Å²) in [6.45, 7) is 1.06. The number of anilines is 1. The number of benzene rings is 1. The van der Waals surface area contributed by atoms with E-state index in [0.29, 0.717) is 18.8 Å². The Morgan fingerprint density at radius 3 is 2.95 bits per heavy atom. The fraction of sp³-hybridized carbons (Fsp3) is 0.429. The molecule has 1 aromatic carbocycles. The first-order valence-electron chi connectivity index (χ1n) is 6.62. The maximum atomic E-state index is 12.7. The predicted molar refractivity (Wildman–Crippen MR) is 78.1 cm³/mol. The molecule has 2 atom stereocenters. The highest BCUT2D eigenvalue weighted by Crippen LogP contribution is 2.33. The zero-order valence-electron chi connectivity index (χ0n) is 10.9. The number of aliphatic carboxylic acids is 1. The van der Waals surface area contributed by atoms with Gasteiger partial charge in [-0.3, -0.25) is 4.79 Å². The van der Waals surface area contributed by atoms with Gasteiger partial charge in [-0.05, 0) is 11.6 Å². The molecule has 106 valence electrons. The number of rotatable bonds is 2. The molecule has 0 saturated carbocycles. The summed E-state index contributed by atoms with van der Waals surface area (Å²) in [4.78, 5) is 25.5. The third-order valence-electron chi connectivity index (χ3n) is 3.83. The quantitative estimate of drug-likeness (QED) is 0.858. The largest absolute Gasteiger partial charge is 0.480 e. The maximum Gasteiger partial charge on any atom is 0.327 e. The molecule has 2 heterocycles. The molecule has 2 N–H and O–H groups in total. The molecule has 3 rings (SSSR count). The van der Waals surface area contributed by atoms with Crippen LogP contribution in [0.1, 0.15) is 11.5 Å². The van der Waals surface area contributed by atoms with E-state index in [9.17, 15) is 14.7 Å². The SMILES string of the molecule is O=C(O)C1CSCCN1C(=O)C1CNc2ccccc21. The Morgan fingerprint density at radius 1 is 1.35 bits per heavy atom. The third kappa shape index (κ3) is 2.24. The number of carboxylic acids is 1. The molecule has 2 aliphatic heterocycles. The minimum atomic E-state index is -0.912. The second kappa shape index (κ2) is 5.36. The van der Waals surface area contributed by atoms with Crippen molar-refractivity contribution in [1.82, 2.24) is 4.90 Å². The second-order valence-corrected chi connectivity index (χ2v) is 6.13. The van der Waals surface area contributed by atoms with Crippen LogP contribution in [0, 0.1) is 0 Å². The molecule has 5 nitrogen and oxygen atoms in total. The zero-order chi connectivity index (χ0) is 14.1. The van der Waals surface area contributed by atoms with Gasteiger partial charge in [0, 0.05) is 30.3 Å². The van der Waals surface area contributed by atoms with Crippen molar-refractivity contribution in [3.63, 3.8) is 0 Å². The number of fused-ring (bicyclic) bond motifs is 1. The van der Waals surface area contributed by atoms with E-state index in [1.54, 1.807) is 11.8 Å². The van der Waals surface area contributed by atoms with Crippen LogP contribution in [0.2, 0.25) is 0 Å². The molecule has 6 heteroatoms.